The molecule has 1 unspecified atom stereocenters. The molecular formula is C14H17NO2S. The second-order valence-corrected chi connectivity index (χ2v) is 5.35. The molecule has 1 amide bonds. The maximum Gasteiger partial charge on any atom is 0.250 e. The van der Waals surface area contributed by atoms with Gasteiger partial charge in [0.25, 0.3) is 5.91 Å². The molecule has 4 heteroatoms. The van der Waals surface area contributed by atoms with E-state index in [-0.39, 0.29) is 5.91 Å². The van der Waals surface area contributed by atoms with Crippen molar-refractivity contribution < 1.29 is 9.90 Å². The van der Waals surface area contributed by atoms with Gasteiger partial charge in [-0.15, -0.1) is 11.3 Å². The third-order valence-corrected chi connectivity index (χ3v) is 4.02. The maximum atomic E-state index is 11.5. The number of aliphatic hydroxyl groups excluding tert-OH is 1. The average molecular weight is 263 g/mol. The summed E-state index contributed by atoms with van der Waals surface area (Å²) >= 11 is 1.73. The minimum absolute atomic E-state index is 0.227. The molecule has 0 bridgehead atoms. The van der Waals surface area contributed by atoms with Crippen molar-refractivity contribution in [3.8, 4) is 0 Å². The Morgan fingerprint density at radius 1 is 1.44 bits per heavy atom. The average Bonchev–Trinajstić information content (AvgIpc) is 2.78. The molecule has 0 aliphatic rings. The van der Waals surface area contributed by atoms with Gasteiger partial charge in [-0.05, 0) is 35.7 Å². The number of aliphatic hydroxyl groups is 1. The van der Waals surface area contributed by atoms with E-state index in [9.17, 15) is 9.90 Å². The largest absolute Gasteiger partial charge is 0.384 e. The van der Waals surface area contributed by atoms with E-state index in [4.69, 9.17) is 0 Å². The summed E-state index contributed by atoms with van der Waals surface area (Å²) in [6.07, 6.45) is -0.104. The van der Waals surface area contributed by atoms with Gasteiger partial charge in [0, 0.05) is 18.3 Å². The first kappa shape index (κ1) is 13.1. The van der Waals surface area contributed by atoms with E-state index in [1.807, 2.05) is 12.1 Å². The molecule has 1 atom stereocenters. The number of thiophene rings is 1. The second-order valence-electron chi connectivity index (χ2n) is 4.44. The van der Waals surface area contributed by atoms with Crippen molar-refractivity contribution in [3.05, 3.63) is 35.2 Å². The van der Waals surface area contributed by atoms with Crippen LogP contribution in [-0.4, -0.2) is 35.6 Å². The third kappa shape index (κ3) is 2.71. The highest BCUT2D eigenvalue weighted by atomic mass is 32.1. The zero-order valence-corrected chi connectivity index (χ0v) is 11.4. The Labute approximate surface area is 111 Å². The third-order valence-electron chi connectivity index (χ3n) is 3.01. The molecule has 96 valence electrons. The molecule has 0 saturated heterocycles. The van der Waals surface area contributed by atoms with Crippen LogP contribution >= 0.6 is 11.3 Å². The van der Waals surface area contributed by atoms with Crippen molar-refractivity contribution in [2.75, 3.05) is 13.6 Å². The summed E-state index contributed by atoms with van der Waals surface area (Å²) in [5, 5.41) is 12.6. The van der Waals surface area contributed by atoms with Gasteiger partial charge in [0.1, 0.15) is 6.10 Å². The molecule has 3 nitrogen and oxygen atoms in total. The van der Waals surface area contributed by atoms with E-state index in [1.54, 1.807) is 23.3 Å². The predicted octanol–water partition coefficient (Wildman–Crippen LogP) is 2.28. The Kier molecular flexibility index (Phi) is 3.99. The van der Waals surface area contributed by atoms with Gasteiger partial charge in [-0.3, -0.25) is 4.79 Å². The lowest BCUT2D eigenvalue weighted by molar-refractivity contribution is -0.137. The van der Waals surface area contributed by atoms with Crippen molar-refractivity contribution in [1.29, 1.82) is 0 Å². The van der Waals surface area contributed by atoms with E-state index < -0.39 is 6.10 Å². The van der Waals surface area contributed by atoms with Crippen LogP contribution in [0.25, 0.3) is 10.1 Å². The summed E-state index contributed by atoms with van der Waals surface area (Å²) in [4.78, 5) is 13.1. The van der Waals surface area contributed by atoms with Crippen LogP contribution in [0.5, 0.6) is 0 Å². The highest BCUT2D eigenvalue weighted by Gasteiger charge is 2.14. The molecule has 0 fully saturated rings. The normalized spacial score (nSPS) is 12.6. The molecule has 0 spiro atoms. The number of benzene rings is 1. The first-order chi connectivity index (χ1) is 8.59. The van der Waals surface area contributed by atoms with Gasteiger partial charge in [-0.25, -0.2) is 0 Å². The molecule has 0 saturated carbocycles. The standard InChI is InChI=1S/C14H17NO2S/c1-10(16)14(17)15(2)8-7-11-9-18-13-6-4-3-5-12(11)13/h3-6,9-10,16H,7-8H2,1-2H3. The molecular weight excluding hydrogens is 246 g/mol. The van der Waals surface area contributed by atoms with Gasteiger partial charge < -0.3 is 10.0 Å². The number of hydrogen-bond donors (Lipinski definition) is 1. The van der Waals surface area contributed by atoms with Gasteiger partial charge in [0.15, 0.2) is 0 Å². The van der Waals surface area contributed by atoms with Crippen LogP contribution in [0, 0.1) is 0 Å². The fraction of sp³-hybridized carbons (Fsp3) is 0.357. The minimum Gasteiger partial charge on any atom is -0.384 e. The van der Waals surface area contributed by atoms with Crippen LogP contribution in [0.4, 0.5) is 0 Å². The van der Waals surface area contributed by atoms with Crippen molar-refractivity contribution >= 4 is 27.3 Å². The molecule has 1 heterocycles. The number of fused-ring (bicyclic) bond motifs is 1. The zero-order chi connectivity index (χ0) is 13.1. The molecule has 0 aliphatic carbocycles. The van der Waals surface area contributed by atoms with Crippen molar-refractivity contribution in [1.82, 2.24) is 4.90 Å². The van der Waals surface area contributed by atoms with Gasteiger partial charge in [0.2, 0.25) is 0 Å². The Hall–Kier alpha value is -1.39. The van der Waals surface area contributed by atoms with Gasteiger partial charge in [-0.2, -0.15) is 0 Å². The lowest BCUT2D eigenvalue weighted by atomic mass is 10.1. The molecule has 1 aromatic carbocycles. The quantitative estimate of drug-likeness (QED) is 0.919. The molecule has 1 N–H and O–H groups in total. The number of carbonyl (C=O) groups is 1. The van der Waals surface area contributed by atoms with Crippen LogP contribution in [0.2, 0.25) is 0 Å². The fourth-order valence-electron chi connectivity index (χ4n) is 1.94. The van der Waals surface area contributed by atoms with E-state index in [0.717, 1.165) is 6.42 Å². The van der Waals surface area contributed by atoms with Gasteiger partial charge in [0.05, 0.1) is 0 Å². The summed E-state index contributed by atoms with van der Waals surface area (Å²) in [5.41, 5.74) is 1.26. The van der Waals surface area contributed by atoms with E-state index >= 15 is 0 Å². The molecule has 18 heavy (non-hydrogen) atoms. The van der Waals surface area contributed by atoms with Gasteiger partial charge in [-0.1, -0.05) is 18.2 Å². The zero-order valence-electron chi connectivity index (χ0n) is 10.6. The first-order valence-electron chi connectivity index (χ1n) is 5.97. The van der Waals surface area contributed by atoms with E-state index in [2.05, 4.69) is 17.5 Å². The first-order valence-corrected chi connectivity index (χ1v) is 6.85. The summed E-state index contributed by atoms with van der Waals surface area (Å²) in [6.45, 7) is 2.13. The Morgan fingerprint density at radius 2 is 2.17 bits per heavy atom. The predicted molar refractivity (Wildman–Crippen MR) is 74.8 cm³/mol. The Bertz CT molecular complexity index is 547. The van der Waals surface area contributed by atoms with Crippen LogP contribution in [0.3, 0.4) is 0 Å². The summed E-state index contributed by atoms with van der Waals surface area (Å²) < 4.78 is 1.28. The number of nitrogens with zero attached hydrogens (tertiary/aromatic N) is 1. The van der Waals surface area contributed by atoms with Crippen LogP contribution < -0.4 is 0 Å². The Balaban J connectivity index is 2.04. The summed E-state index contributed by atoms with van der Waals surface area (Å²) in [5.74, 6) is -0.227. The van der Waals surface area contributed by atoms with Gasteiger partial charge >= 0.3 is 0 Å². The van der Waals surface area contributed by atoms with E-state index in [1.165, 1.54) is 22.6 Å². The number of carbonyl (C=O) groups excluding carboxylic acids is 1. The van der Waals surface area contributed by atoms with Crippen LogP contribution in [0.1, 0.15) is 12.5 Å². The molecule has 2 aromatic rings. The topological polar surface area (TPSA) is 40.5 Å². The fourth-order valence-corrected chi connectivity index (χ4v) is 2.94. The Morgan fingerprint density at radius 3 is 2.89 bits per heavy atom. The van der Waals surface area contributed by atoms with E-state index in [0.29, 0.717) is 6.54 Å². The lowest BCUT2D eigenvalue weighted by Gasteiger charge is -2.18. The highest BCUT2D eigenvalue weighted by Crippen LogP contribution is 2.25. The van der Waals surface area contributed by atoms with Crippen molar-refractivity contribution in [2.45, 2.75) is 19.4 Å². The number of likely N-dealkylation sites (N-methyl/N-ethyl adjacent to an activating group) is 1. The molecule has 2 rings (SSSR count). The maximum absolute atomic E-state index is 11.5. The highest BCUT2D eigenvalue weighted by molar-refractivity contribution is 7.17. The van der Waals surface area contributed by atoms with Crippen LogP contribution in [0.15, 0.2) is 29.6 Å². The molecule has 1 aromatic heterocycles. The summed E-state index contributed by atoms with van der Waals surface area (Å²) in [7, 11) is 1.73. The smallest absolute Gasteiger partial charge is 0.250 e. The monoisotopic (exact) mass is 263 g/mol. The second kappa shape index (κ2) is 5.50. The molecule has 0 radical (unpaired) electrons. The molecule has 0 aliphatic heterocycles. The van der Waals surface area contributed by atoms with Crippen molar-refractivity contribution in [2.24, 2.45) is 0 Å². The summed E-state index contributed by atoms with van der Waals surface area (Å²) in [6, 6.07) is 8.28. The van der Waals surface area contributed by atoms with Crippen LogP contribution in [-0.2, 0) is 11.2 Å². The number of rotatable bonds is 4. The minimum atomic E-state index is -0.922. The van der Waals surface area contributed by atoms with Crippen molar-refractivity contribution in [3.63, 3.8) is 0 Å². The number of amides is 1. The lowest BCUT2D eigenvalue weighted by Crippen LogP contribution is -2.35. The number of hydrogen-bond acceptors (Lipinski definition) is 3. The SMILES string of the molecule is CC(O)C(=O)N(C)CCc1csc2ccccc12.